The zero-order valence-corrected chi connectivity index (χ0v) is 13.7. The molecule has 3 aromatic rings. The van der Waals surface area contributed by atoms with Crippen molar-refractivity contribution < 1.29 is 9.47 Å². The molecule has 0 aliphatic carbocycles. The standard InChI is InChI=1S/C22H22O2/c1-3-9-19(10-4-1)15-23-17-21-13-7-8-14-22(21)18-24-16-20-11-5-2-6-12-20/h1-14H,15-18H2. The molecular formula is C22H22O2. The van der Waals surface area contributed by atoms with Gasteiger partial charge in [0.2, 0.25) is 0 Å². The molecule has 0 radical (unpaired) electrons. The Morgan fingerprint density at radius 2 is 0.792 bits per heavy atom. The highest BCUT2D eigenvalue weighted by Crippen LogP contribution is 2.14. The van der Waals surface area contributed by atoms with E-state index in [4.69, 9.17) is 9.47 Å². The molecule has 0 atom stereocenters. The summed E-state index contributed by atoms with van der Waals surface area (Å²) in [5.41, 5.74) is 4.74. The first-order valence-corrected chi connectivity index (χ1v) is 8.22. The van der Waals surface area contributed by atoms with Gasteiger partial charge in [-0.1, -0.05) is 84.9 Å². The van der Waals surface area contributed by atoms with Gasteiger partial charge >= 0.3 is 0 Å². The monoisotopic (exact) mass is 318 g/mol. The first-order valence-electron chi connectivity index (χ1n) is 8.22. The molecule has 0 aromatic heterocycles. The zero-order valence-electron chi connectivity index (χ0n) is 13.7. The lowest BCUT2D eigenvalue weighted by Gasteiger charge is -2.11. The Bertz CT molecular complexity index is 659. The third kappa shape index (κ3) is 5.05. The molecule has 0 fully saturated rings. The Morgan fingerprint density at radius 3 is 1.21 bits per heavy atom. The second-order valence-electron chi connectivity index (χ2n) is 5.73. The number of ether oxygens (including phenoxy) is 2. The number of hydrogen-bond donors (Lipinski definition) is 0. The van der Waals surface area contributed by atoms with E-state index in [1.54, 1.807) is 0 Å². The second kappa shape index (κ2) is 9.02. The maximum atomic E-state index is 5.86. The van der Waals surface area contributed by atoms with Crippen LogP contribution in [0, 0.1) is 0 Å². The Balaban J connectivity index is 1.51. The van der Waals surface area contributed by atoms with E-state index in [0.29, 0.717) is 26.4 Å². The van der Waals surface area contributed by atoms with Crippen LogP contribution >= 0.6 is 0 Å². The average molecular weight is 318 g/mol. The van der Waals surface area contributed by atoms with E-state index < -0.39 is 0 Å². The fraction of sp³-hybridized carbons (Fsp3) is 0.182. The Morgan fingerprint density at radius 1 is 0.417 bits per heavy atom. The van der Waals surface area contributed by atoms with E-state index in [1.165, 1.54) is 22.3 Å². The third-order valence-corrected chi connectivity index (χ3v) is 3.86. The number of hydrogen-bond acceptors (Lipinski definition) is 2. The van der Waals surface area contributed by atoms with Gasteiger partial charge in [0.25, 0.3) is 0 Å². The van der Waals surface area contributed by atoms with Crippen LogP contribution in [0.5, 0.6) is 0 Å². The van der Waals surface area contributed by atoms with Crippen molar-refractivity contribution in [1.29, 1.82) is 0 Å². The van der Waals surface area contributed by atoms with Crippen LogP contribution in [0.15, 0.2) is 84.9 Å². The number of rotatable bonds is 8. The smallest absolute Gasteiger partial charge is 0.0724 e. The lowest BCUT2D eigenvalue weighted by Crippen LogP contribution is -2.01. The summed E-state index contributed by atoms with van der Waals surface area (Å²) in [7, 11) is 0. The van der Waals surface area contributed by atoms with Crippen LogP contribution in [0.3, 0.4) is 0 Å². The summed E-state index contributed by atoms with van der Waals surface area (Å²) in [4.78, 5) is 0. The molecule has 0 heterocycles. The lowest BCUT2D eigenvalue weighted by molar-refractivity contribution is 0.0934. The normalized spacial score (nSPS) is 10.7. The van der Waals surface area contributed by atoms with E-state index in [2.05, 4.69) is 36.4 Å². The molecule has 0 N–H and O–H groups in total. The van der Waals surface area contributed by atoms with Crippen molar-refractivity contribution in [3.05, 3.63) is 107 Å². The molecule has 0 spiro atoms. The molecule has 2 nitrogen and oxygen atoms in total. The zero-order chi connectivity index (χ0) is 16.5. The van der Waals surface area contributed by atoms with E-state index >= 15 is 0 Å². The van der Waals surface area contributed by atoms with E-state index in [9.17, 15) is 0 Å². The topological polar surface area (TPSA) is 18.5 Å². The van der Waals surface area contributed by atoms with Crippen LogP contribution in [-0.4, -0.2) is 0 Å². The Hall–Kier alpha value is -2.42. The summed E-state index contributed by atoms with van der Waals surface area (Å²) in [5, 5.41) is 0. The van der Waals surface area contributed by atoms with E-state index in [1.807, 2.05) is 48.5 Å². The predicted molar refractivity (Wildman–Crippen MR) is 96.3 cm³/mol. The summed E-state index contributed by atoms with van der Waals surface area (Å²) in [6.07, 6.45) is 0. The molecule has 2 heteroatoms. The van der Waals surface area contributed by atoms with Gasteiger partial charge in [0, 0.05) is 0 Å². The van der Waals surface area contributed by atoms with Crippen molar-refractivity contribution >= 4 is 0 Å². The summed E-state index contributed by atoms with van der Waals surface area (Å²) in [6, 6.07) is 28.8. The van der Waals surface area contributed by atoms with E-state index in [0.717, 1.165) is 0 Å². The van der Waals surface area contributed by atoms with Crippen molar-refractivity contribution in [2.75, 3.05) is 0 Å². The summed E-state index contributed by atoms with van der Waals surface area (Å²) in [5.74, 6) is 0. The highest BCUT2D eigenvalue weighted by atomic mass is 16.5. The minimum Gasteiger partial charge on any atom is -0.372 e. The van der Waals surface area contributed by atoms with Crippen LogP contribution in [-0.2, 0) is 35.9 Å². The summed E-state index contributed by atoms with van der Waals surface area (Å²) < 4.78 is 11.7. The first kappa shape index (κ1) is 16.4. The molecule has 0 bridgehead atoms. The Kier molecular flexibility index (Phi) is 6.18. The minimum absolute atomic E-state index is 0.597. The highest BCUT2D eigenvalue weighted by molar-refractivity contribution is 5.26. The maximum Gasteiger partial charge on any atom is 0.0724 e. The molecule has 3 rings (SSSR count). The fourth-order valence-electron chi connectivity index (χ4n) is 2.55. The average Bonchev–Trinajstić information content (AvgIpc) is 2.65. The first-order chi connectivity index (χ1) is 11.9. The SMILES string of the molecule is c1ccc(COCc2ccccc2COCc2ccccc2)cc1. The van der Waals surface area contributed by atoms with Crippen molar-refractivity contribution in [3.63, 3.8) is 0 Å². The van der Waals surface area contributed by atoms with Gasteiger partial charge < -0.3 is 9.47 Å². The summed E-state index contributed by atoms with van der Waals surface area (Å²) >= 11 is 0. The van der Waals surface area contributed by atoms with Gasteiger partial charge in [-0.3, -0.25) is 0 Å². The van der Waals surface area contributed by atoms with Crippen LogP contribution in [0.4, 0.5) is 0 Å². The molecule has 0 aliphatic rings. The van der Waals surface area contributed by atoms with Crippen molar-refractivity contribution in [2.24, 2.45) is 0 Å². The molecule has 0 saturated carbocycles. The Labute approximate surface area is 143 Å². The minimum atomic E-state index is 0.597. The van der Waals surface area contributed by atoms with Crippen LogP contribution in [0.2, 0.25) is 0 Å². The highest BCUT2D eigenvalue weighted by Gasteiger charge is 2.03. The van der Waals surface area contributed by atoms with Crippen molar-refractivity contribution in [1.82, 2.24) is 0 Å². The quantitative estimate of drug-likeness (QED) is 0.574. The molecule has 0 aliphatic heterocycles. The molecule has 122 valence electrons. The van der Waals surface area contributed by atoms with Crippen LogP contribution < -0.4 is 0 Å². The second-order valence-corrected chi connectivity index (χ2v) is 5.73. The van der Waals surface area contributed by atoms with Crippen molar-refractivity contribution in [3.8, 4) is 0 Å². The van der Waals surface area contributed by atoms with Crippen molar-refractivity contribution in [2.45, 2.75) is 26.4 Å². The molecule has 3 aromatic carbocycles. The van der Waals surface area contributed by atoms with Crippen LogP contribution in [0.1, 0.15) is 22.3 Å². The maximum absolute atomic E-state index is 5.86. The molecular weight excluding hydrogens is 296 g/mol. The lowest BCUT2D eigenvalue weighted by atomic mass is 10.1. The molecule has 0 unspecified atom stereocenters. The van der Waals surface area contributed by atoms with Gasteiger partial charge in [-0.25, -0.2) is 0 Å². The molecule has 0 saturated heterocycles. The summed E-state index contributed by atoms with van der Waals surface area (Å²) in [6.45, 7) is 2.44. The molecule has 0 amide bonds. The number of benzene rings is 3. The van der Waals surface area contributed by atoms with Gasteiger partial charge in [-0.2, -0.15) is 0 Å². The van der Waals surface area contributed by atoms with Gasteiger partial charge in [0.1, 0.15) is 0 Å². The molecule has 24 heavy (non-hydrogen) atoms. The predicted octanol–water partition coefficient (Wildman–Crippen LogP) is 5.12. The third-order valence-electron chi connectivity index (χ3n) is 3.86. The van der Waals surface area contributed by atoms with E-state index in [-0.39, 0.29) is 0 Å². The van der Waals surface area contributed by atoms with Gasteiger partial charge in [-0.05, 0) is 22.3 Å². The largest absolute Gasteiger partial charge is 0.372 e. The van der Waals surface area contributed by atoms with Gasteiger partial charge in [0.15, 0.2) is 0 Å². The van der Waals surface area contributed by atoms with Gasteiger partial charge in [0.05, 0.1) is 26.4 Å². The fourth-order valence-corrected chi connectivity index (χ4v) is 2.55. The van der Waals surface area contributed by atoms with Gasteiger partial charge in [-0.15, -0.1) is 0 Å². The van der Waals surface area contributed by atoms with Crippen LogP contribution in [0.25, 0.3) is 0 Å².